The largest absolute Gasteiger partial charge is 0.507 e. The molecule has 4 nitrogen and oxygen atoms in total. The Balaban J connectivity index is 0.00000401. The summed E-state index contributed by atoms with van der Waals surface area (Å²) in [4.78, 5) is 10.1. The van der Waals surface area contributed by atoms with Crippen LogP contribution in [0.25, 0.3) is 66.7 Å². The normalized spacial score (nSPS) is 12.0. The van der Waals surface area contributed by atoms with Gasteiger partial charge in [0.2, 0.25) is 0 Å². The number of aryl methyl sites for hydroxylation is 1. The van der Waals surface area contributed by atoms with Gasteiger partial charge in [0.25, 0.3) is 0 Å². The summed E-state index contributed by atoms with van der Waals surface area (Å²) in [5.74, 6) is 0.980. The standard InChI is InChI=1S/C43H40N3O.Pt/c1-27-21-34(40-37(22-27)46(43(5,6)7)41(45-40)36-26-33(42(2,3)4)18-19-38(36)47)29-15-11-16-30(23-29)35-25-32(28-13-9-8-10-14-28)24-31-17-12-20-44-39(31)35;/h8-22,24-26,47H,1-7H3;/q-1;. The fourth-order valence-corrected chi connectivity index (χ4v) is 6.54. The summed E-state index contributed by atoms with van der Waals surface area (Å²) >= 11 is 0. The topological polar surface area (TPSA) is 50.9 Å². The summed E-state index contributed by atoms with van der Waals surface area (Å²) in [6, 6.07) is 39.4. The van der Waals surface area contributed by atoms with E-state index in [1.807, 2.05) is 24.4 Å². The molecule has 5 heteroatoms. The van der Waals surface area contributed by atoms with E-state index in [1.54, 1.807) is 6.07 Å². The van der Waals surface area contributed by atoms with Crippen molar-refractivity contribution < 1.29 is 26.2 Å². The number of fused-ring (bicyclic) bond motifs is 2. The minimum atomic E-state index is -0.298. The molecule has 0 aliphatic heterocycles. The molecule has 48 heavy (non-hydrogen) atoms. The van der Waals surface area contributed by atoms with E-state index in [0.29, 0.717) is 0 Å². The number of rotatable bonds is 4. The molecular formula is C43H40N3OPt-. The van der Waals surface area contributed by atoms with Crippen LogP contribution in [0.2, 0.25) is 0 Å². The smallest absolute Gasteiger partial charge is 0.144 e. The first-order valence-corrected chi connectivity index (χ1v) is 16.2. The van der Waals surface area contributed by atoms with Crippen LogP contribution in [0.5, 0.6) is 5.75 Å². The van der Waals surface area contributed by atoms with Crippen molar-refractivity contribution in [2.24, 2.45) is 0 Å². The van der Waals surface area contributed by atoms with E-state index < -0.39 is 0 Å². The van der Waals surface area contributed by atoms with Crippen LogP contribution in [0.3, 0.4) is 0 Å². The minimum absolute atomic E-state index is 0. The minimum Gasteiger partial charge on any atom is -0.507 e. The van der Waals surface area contributed by atoms with Crippen LogP contribution in [0.4, 0.5) is 0 Å². The molecule has 2 aromatic heterocycles. The average molecular weight is 810 g/mol. The van der Waals surface area contributed by atoms with Crippen molar-refractivity contribution >= 4 is 21.9 Å². The maximum Gasteiger partial charge on any atom is 0.144 e. The van der Waals surface area contributed by atoms with Gasteiger partial charge in [-0.1, -0.05) is 92.1 Å². The Hall–Kier alpha value is -4.53. The van der Waals surface area contributed by atoms with Crippen LogP contribution < -0.4 is 0 Å². The first kappa shape index (κ1) is 33.4. The Kier molecular flexibility index (Phi) is 8.68. The quantitative estimate of drug-likeness (QED) is 0.180. The summed E-state index contributed by atoms with van der Waals surface area (Å²) in [5, 5.41) is 12.3. The molecule has 0 aliphatic rings. The summed E-state index contributed by atoms with van der Waals surface area (Å²) in [5.41, 5.74) is 11.8. The zero-order valence-electron chi connectivity index (χ0n) is 28.5. The van der Waals surface area contributed by atoms with Crippen molar-refractivity contribution in [3.8, 4) is 50.5 Å². The van der Waals surface area contributed by atoms with E-state index >= 15 is 0 Å². The van der Waals surface area contributed by atoms with Gasteiger partial charge in [-0.25, -0.2) is 4.98 Å². The summed E-state index contributed by atoms with van der Waals surface area (Å²) in [6.45, 7) is 15.3. The second kappa shape index (κ2) is 12.5. The third-order valence-electron chi connectivity index (χ3n) is 8.87. The predicted octanol–water partition coefficient (Wildman–Crippen LogP) is 11.1. The third-order valence-corrected chi connectivity index (χ3v) is 8.87. The molecular weight excluding hydrogens is 770 g/mol. The molecule has 0 atom stereocenters. The molecule has 0 saturated heterocycles. The van der Waals surface area contributed by atoms with Crippen LogP contribution in [0, 0.1) is 13.0 Å². The molecule has 0 fully saturated rings. The third kappa shape index (κ3) is 6.11. The van der Waals surface area contributed by atoms with Crippen molar-refractivity contribution in [1.82, 2.24) is 14.5 Å². The van der Waals surface area contributed by atoms with Crippen LogP contribution in [0.1, 0.15) is 52.7 Å². The summed E-state index contributed by atoms with van der Waals surface area (Å²) in [6.07, 6.45) is 1.85. The number of hydrogen-bond donors (Lipinski definition) is 1. The number of benzene rings is 5. The van der Waals surface area contributed by atoms with Crippen LogP contribution in [-0.2, 0) is 32.0 Å². The van der Waals surface area contributed by atoms with Crippen LogP contribution >= 0.6 is 0 Å². The second-order valence-corrected chi connectivity index (χ2v) is 14.5. The molecule has 0 saturated carbocycles. The van der Waals surface area contributed by atoms with E-state index in [9.17, 15) is 5.11 Å². The van der Waals surface area contributed by atoms with Gasteiger partial charge >= 0.3 is 0 Å². The van der Waals surface area contributed by atoms with Gasteiger partial charge in [-0.3, -0.25) is 4.98 Å². The van der Waals surface area contributed by atoms with Crippen molar-refractivity contribution in [1.29, 1.82) is 0 Å². The summed E-state index contributed by atoms with van der Waals surface area (Å²) in [7, 11) is 0. The first-order chi connectivity index (χ1) is 22.4. The van der Waals surface area contributed by atoms with E-state index in [2.05, 4.69) is 138 Å². The molecule has 7 aromatic rings. The molecule has 0 aliphatic carbocycles. The number of aromatic hydroxyl groups is 1. The molecule has 0 unspecified atom stereocenters. The van der Waals surface area contributed by atoms with E-state index in [0.717, 1.165) is 77.8 Å². The number of nitrogens with zero attached hydrogens (tertiary/aromatic N) is 3. The van der Waals surface area contributed by atoms with Gasteiger partial charge in [0.1, 0.15) is 11.6 Å². The molecule has 0 bridgehead atoms. The number of hydrogen-bond acceptors (Lipinski definition) is 3. The number of aromatic nitrogens is 3. The van der Waals surface area contributed by atoms with Gasteiger partial charge in [-0.05, 0) is 85.5 Å². The van der Waals surface area contributed by atoms with Gasteiger partial charge in [0.15, 0.2) is 0 Å². The molecule has 1 N–H and O–H groups in total. The van der Waals surface area contributed by atoms with E-state index in [-0.39, 0.29) is 37.8 Å². The zero-order chi connectivity index (χ0) is 33.1. The maximum atomic E-state index is 11.2. The number of phenols is 1. The fraction of sp³-hybridized carbons (Fsp3) is 0.209. The maximum absolute atomic E-state index is 11.2. The molecule has 244 valence electrons. The Morgan fingerprint density at radius 2 is 1.38 bits per heavy atom. The van der Waals surface area contributed by atoms with Crippen molar-refractivity contribution in [2.75, 3.05) is 0 Å². The zero-order valence-corrected chi connectivity index (χ0v) is 30.8. The Labute approximate surface area is 297 Å². The average Bonchev–Trinajstić information content (AvgIpc) is 3.44. The Morgan fingerprint density at radius 3 is 2.06 bits per heavy atom. The predicted molar refractivity (Wildman–Crippen MR) is 196 cm³/mol. The van der Waals surface area contributed by atoms with Crippen LogP contribution in [-0.4, -0.2) is 19.6 Å². The van der Waals surface area contributed by atoms with Crippen LogP contribution in [0.15, 0.2) is 109 Å². The Bertz CT molecular complexity index is 2290. The molecule has 0 radical (unpaired) electrons. The molecule has 7 rings (SSSR count). The van der Waals surface area contributed by atoms with Gasteiger partial charge in [0.05, 0.1) is 16.6 Å². The molecule has 0 spiro atoms. The Morgan fingerprint density at radius 1 is 0.667 bits per heavy atom. The van der Waals surface area contributed by atoms with Crippen molar-refractivity contribution in [3.63, 3.8) is 0 Å². The monoisotopic (exact) mass is 809 g/mol. The summed E-state index contributed by atoms with van der Waals surface area (Å²) < 4.78 is 2.27. The number of imidazole rings is 1. The van der Waals surface area contributed by atoms with Gasteiger partial charge in [-0.2, -0.15) is 0 Å². The molecule has 0 amide bonds. The van der Waals surface area contributed by atoms with E-state index in [1.165, 1.54) is 0 Å². The SMILES string of the molecule is Cc1cc(-c2[c-]c(-c3cc(-c4ccccc4)cc4cccnc34)ccc2)c2nc(-c3cc(C(C)(C)C)ccc3O)n(C(C)(C)C)c2c1.[Pt]. The van der Waals surface area contributed by atoms with Crippen molar-refractivity contribution in [3.05, 3.63) is 127 Å². The van der Waals surface area contributed by atoms with Gasteiger partial charge in [0, 0.05) is 38.3 Å². The van der Waals surface area contributed by atoms with Crippen molar-refractivity contribution in [2.45, 2.75) is 59.4 Å². The first-order valence-electron chi connectivity index (χ1n) is 16.2. The van der Waals surface area contributed by atoms with Gasteiger partial charge in [-0.15, -0.1) is 35.4 Å². The number of phenolic OH excluding ortho intramolecular Hbond substituents is 1. The molecule has 5 aromatic carbocycles. The van der Waals surface area contributed by atoms with E-state index in [4.69, 9.17) is 9.97 Å². The fourth-order valence-electron chi connectivity index (χ4n) is 6.54. The molecule has 2 heterocycles. The second-order valence-electron chi connectivity index (χ2n) is 14.5. The van der Waals surface area contributed by atoms with Gasteiger partial charge < -0.3 is 9.67 Å². The number of pyridine rings is 1.